The summed E-state index contributed by atoms with van der Waals surface area (Å²) < 4.78 is 18.1. The van der Waals surface area contributed by atoms with E-state index in [0.29, 0.717) is 0 Å². The van der Waals surface area contributed by atoms with E-state index >= 15 is 0 Å². The van der Waals surface area contributed by atoms with Crippen molar-refractivity contribution < 1.29 is 14.1 Å². The Morgan fingerprint density at radius 1 is 1.64 bits per heavy atom. The third-order valence-corrected chi connectivity index (χ3v) is 1.68. The normalized spacial score (nSPS) is 12.2. The summed E-state index contributed by atoms with van der Waals surface area (Å²) >= 11 is 1.93. The molecule has 1 aromatic rings. The zero-order valence-electron chi connectivity index (χ0n) is 7.24. The van der Waals surface area contributed by atoms with E-state index in [9.17, 15) is 14.5 Å². The van der Waals surface area contributed by atoms with E-state index in [2.05, 4.69) is 0 Å². The molecule has 0 aliphatic carbocycles. The molecule has 0 heterocycles. The second-order valence-electron chi connectivity index (χ2n) is 2.51. The SMILES string of the molecule is CC(I)Oc1cccc([N+](=O)[O-])c1F. The van der Waals surface area contributed by atoms with Gasteiger partial charge in [0.25, 0.3) is 0 Å². The Morgan fingerprint density at radius 2 is 2.29 bits per heavy atom. The molecule has 0 bridgehead atoms. The number of benzene rings is 1. The monoisotopic (exact) mass is 311 g/mol. The van der Waals surface area contributed by atoms with Crippen LogP contribution in [-0.2, 0) is 0 Å². The Morgan fingerprint density at radius 3 is 2.79 bits per heavy atom. The van der Waals surface area contributed by atoms with E-state index < -0.39 is 16.4 Å². The van der Waals surface area contributed by atoms with Gasteiger partial charge in [-0.3, -0.25) is 10.1 Å². The zero-order chi connectivity index (χ0) is 10.7. The molecular weight excluding hydrogens is 304 g/mol. The molecule has 0 saturated heterocycles. The standard InChI is InChI=1S/C8H7FINO3/c1-5(10)14-7-4-2-3-6(8(7)9)11(12)13/h2-5H,1H3. The molecule has 1 aromatic carbocycles. The maximum Gasteiger partial charge on any atom is 0.308 e. The molecule has 0 aliphatic heterocycles. The lowest BCUT2D eigenvalue weighted by Crippen LogP contribution is -2.04. The molecule has 0 spiro atoms. The van der Waals surface area contributed by atoms with Crippen molar-refractivity contribution in [2.45, 2.75) is 11.0 Å². The van der Waals surface area contributed by atoms with Crippen molar-refractivity contribution in [3.8, 4) is 5.75 Å². The fraction of sp³-hybridized carbons (Fsp3) is 0.250. The molecule has 0 amide bonds. The smallest absolute Gasteiger partial charge is 0.308 e. The first-order valence-corrected chi connectivity index (χ1v) is 5.00. The van der Waals surface area contributed by atoms with E-state index in [-0.39, 0.29) is 9.86 Å². The molecule has 0 aromatic heterocycles. The van der Waals surface area contributed by atoms with Crippen molar-refractivity contribution in [1.82, 2.24) is 0 Å². The Hall–Kier alpha value is -0.920. The molecule has 6 heteroatoms. The first-order chi connectivity index (χ1) is 6.52. The van der Waals surface area contributed by atoms with Gasteiger partial charge in [-0.25, -0.2) is 0 Å². The summed E-state index contributed by atoms with van der Waals surface area (Å²) in [7, 11) is 0. The van der Waals surface area contributed by atoms with E-state index in [0.717, 1.165) is 6.07 Å². The third-order valence-electron chi connectivity index (χ3n) is 1.43. The van der Waals surface area contributed by atoms with Crippen LogP contribution in [0.25, 0.3) is 0 Å². The van der Waals surface area contributed by atoms with Crippen LogP contribution in [0.2, 0.25) is 0 Å². The van der Waals surface area contributed by atoms with Crippen LogP contribution in [0.1, 0.15) is 6.92 Å². The van der Waals surface area contributed by atoms with Gasteiger partial charge >= 0.3 is 5.69 Å². The number of nitro benzene ring substituents is 1. The zero-order valence-corrected chi connectivity index (χ0v) is 9.39. The van der Waals surface area contributed by atoms with Gasteiger partial charge in [0.15, 0.2) is 5.75 Å². The van der Waals surface area contributed by atoms with Gasteiger partial charge in [0.1, 0.15) is 4.11 Å². The predicted molar refractivity (Wildman–Crippen MR) is 57.2 cm³/mol. The summed E-state index contributed by atoms with van der Waals surface area (Å²) in [5.74, 6) is -1.03. The molecule has 1 atom stereocenters. The van der Waals surface area contributed by atoms with Gasteiger partial charge in [0, 0.05) is 6.07 Å². The maximum absolute atomic E-state index is 13.3. The van der Waals surface area contributed by atoms with Crippen LogP contribution in [-0.4, -0.2) is 9.03 Å². The fourth-order valence-corrected chi connectivity index (χ4v) is 1.18. The molecule has 1 unspecified atom stereocenters. The number of ether oxygens (including phenoxy) is 1. The summed E-state index contributed by atoms with van der Waals surface area (Å²) in [5, 5.41) is 10.4. The van der Waals surface area contributed by atoms with Gasteiger partial charge in [-0.05, 0) is 35.6 Å². The quantitative estimate of drug-likeness (QED) is 0.373. The number of halogens is 2. The number of hydrogen-bond acceptors (Lipinski definition) is 3. The van der Waals surface area contributed by atoms with Gasteiger partial charge < -0.3 is 4.74 Å². The summed E-state index contributed by atoms with van der Waals surface area (Å²) in [6.45, 7) is 1.71. The Labute approximate surface area is 93.4 Å². The number of alkyl halides is 1. The first-order valence-electron chi connectivity index (χ1n) is 3.76. The van der Waals surface area contributed by atoms with Crippen molar-refractivity contribution in [1.29, 1.82) is 0 Å². The highest BCUT2D eigenvalue weighted by Gasteiger charge is 2.18. The first kappa shape index (κ1) is 11.2. The largest absolute Gasteiger partial charge is 0.477 e. The third kappa shape index (κ3) is 2.53. The van der Waals surface area contributed by atoms with E-state index in [4.69, 9.17) is 4.74 Å². The highest BCUT2D eigenvalue weighted by molar-refractivity contribution is 14.1. The minimum atomic E-state index is -0.930. The van der Waals surface area contributed by atoms with Crippen molar-refractivity contribution in [2.24, 2.45) is 0 Å². The predicted octanol–water partition coefficient (Wildman–Crippen LogP) is 2.89. The summed E-state index contributed by atoms with van der Waals surface area (Å²) in [4.78, 5) is 9.59. The van der Waals surface area contributed by atoms with Gasteiger partial charge in [0.05, 0.1) is 4.92 Å². The highest BCUT2D eigenvalue weighted by Crippen LogP contribution is 2.27. The summed E-state index contributed by atoms with van der Waals surface area (Å²) in [6.07, 6.45) is 0. The van der Waals surface area contributed by atoms with E-state index in [1.807, 2.05) is 22.6 Å². The number of rotatable bonds is 3. The van der Waals surface area contributed by atoms with Gasteiger partial charge in [-0.15, -0.1) is 0 Å². The molecule has 0 N–H and O–H groups in total. The summed E-state index contributed by atoms with van der Waals surface area (Å²) in [5.41, 5.74) is -0.570. The van der Waals surface area contributed by atoms with Crippen LogP contribution in [0, 0.1) is 15.9 Å². The van der Waals surface area contributed by atoms with Crippen molar-refractivity contribution in [3.05, 3.63) is 34.1 Å². The number of nitro groups is 1. The van der Waals surface area contributed by atoms with Gasteiger partial charge in [-0.1, -0.05) is 6.07 Å². The lowest BCUT2D eigenvalue weighted by molar-refractivity contribution is -0.387. The Balaban J connectivity index is 3.07. The van der Waals surface area contributed by atoms with Crippen molar-refractivity contribution in [2.75, 3.05) is 0 Å². The molecule has 0 fully saturated rings. The lowest BCUT2D eigenvalue weighted by atomic mass is 10.3. The maximum atomic E-state index is 13.3. The van der Waals surface area contributed by atoms with E-state index in [1.165, 1.54) is 12.1 Å². The lowest BCUT2D eigenvalue weighted by Gasteiger charge is -2.08. The van der Waals surface area contributed by atoms with Crippen molar-refractivity contribution in [3.63, 3.8) is 0 Å². The van der Waals surface area contributed by atoms with Gasteiger partial charge in [-0.2, -0.15) is 4.39 Å². The van der Waals surface area contributed by atoms with Crippen molar-refractivity contribution >= 4 is 28.3 Å². The Kier molecular flexibility index (Phi) is 3.62. The average molecular weight is 311 g/mol. The Bertz CT molecular complexity index is 356. The minimum absolute atomic E-state index is 0.0962. The van der Waals surface area contributed by atoms with Crippen LogP contribution in [0.3, 0.4) is 0 Å². The molecule has 0 radical (unpaired) electrons. The molecule has 0 aliphatic rings. The summed E-state index contributed by atoms with van der Waals surface area (Å²) in [6, 6.07) is 3.84. The molecule has 76 valence electrons. The molecule has 4 nitrogen and oxygen atoms in total. The van der Waals surface area contributed by atoms with Crippen LogP contribution < -0.4 is 4.74 Å². The second kappa shape index (κ2) is 4.54. The molecule has 1 rings (SSSR count). The molecule has 0 saturated carbocycles. The topological polar surface area (TPSA) is 52.4 Å². The molecule has 14 heavy (non-hydrogen) atoms. The fourth-order valence-electron chi connectivity index (χ4n) is 0.906. The van der Waals surface area contributed by atoms with Crippen LogP contribution >= 0.6 is 22.6 Å². The minimum Gasteiger partial charge on any atom is -0.477 e. The average Bonchev–Trinajstić information content (AvgIpc) is 2.07. The second-order valence-corrected chi connectivity index (χ2v) is 4.26. The highest BCUT2D eigenvalue weighted by atomic mass is 127. The van der Waals surface area contributed by atoms with Gasteiger partial charge in [0.2, 0.25) is 5.82 Å². The van der Waals surface area contributed by atoms with Crippen LogP contribution in [0.5, 0.6) is 5.75 Å². The molecular formula is C8H7FINO3. The van der Waals surface area contributed by atoms with E-state index in [1.54, 1.807) is 6.92 Å². The van der Waals surface area contributed by atoms with Crippen LogP contribution in [0.15, 0.2) is 18.2 Å². The number of nitrogens with zero attached hydrogens (tertiary/aromatic N) is 1. The van der Waals surface area contributed by atoms with Crippen LogP contribution in [0.4, 0.5) is 10.1 Å². The number of hydrogen-bond donors (Lipinski definition) is 0.